The molecule has 104 valence electrons. The number of halogens is 2. The lowest BCUT2D eigenvalue weighted by atomic mass is 10.1. The van der Waals surface area contributed by atoms with Crippen molar-refractivity contribution in [3.63, 3.8) is 0 Å². The van der Waals surface area contributed by atoms with Crippen molar-refractivity contribution >= 4 is 33.6 Å². The van der Waals surface area contributed by atoms with Gasteiger partial charge < -0.3 is 15.7 Å². The van der Waals surface area contributed by atoms with E-state index in [0.717, 1.165) is 0 Å². The largest absolute Gasteiger partial charge is 0.480 e. The first-order valence-electron chi connectivity index (χ1n) is 5.56. The van der Waals surface area contributed by atoms with Gasteiger partial charge in [-0.15, -0.1) is 0 Å². The van der Waals surface area contributed by atoms with Crippen molar-refractivity contribution in [2.24, 2.45) is 5.92 Å². The Balaban J connectivity index is 2.72. The summed E-state index contributed by atoms with van der Waals surface area (Å²) < 4.78 is 13.2. The van der Waals surface area contributed by atoms with Crippen LogP contribution in [0.4, 0.5) is 14.9 Å². The van der Waals surface area contributed by atoms with Gasteiger partial charge in [0.15, 0.2) is 0 Å². The van der Waals surface area contributed by atoms with Gasteiger partial charge in [-0.3, -0.25) is 0 Å². The third-order valence-corrected chi connectivity index (χ3v) is 3.05. The second-order valence-corrected chi connectivity index (χ2v) is 5.14. The van der Waals surface area contributed by atoms with E-state index in [9.17, 15) is 14.0 Å². The topological polar surface area (TPSA) is 78.4 Å². The lowest BCUT2D eigenvalue weighted by molar-refractivity contribution is -0.140. The van der Waals surface area contributed by atoms with Crippen molar-refractivity contribution in [2.75, 3.05) is 5.32 Å². The fourth-order valence-electron chi connectivity index (χ4n) is 1.40. The number of rotatable bonds is 4. The number of amides is 2. The normalized spacial score (nSPS) is 12.1. The van der Waals surface area contributed by atoms with Crippen LogP contribution in [0.2, 0.25) is 0 Å². The van der Waals surface area contributed by atoms with Gasteiger partial charge in [0.05, 0.1) is 5.69 Å². The molecule has 1 rings (SSSR count). The number of carboxylic acids is 1. The summed E-state index contributed by atoms with van der Waals surface area (Å²) in [5, 5.41) is 13.7. The van der Waals surface area contributed by atoms with Crippen molar-refractivity contribution < 1.29 is 19.1 Å². The molecule has 0 radical (unpaired) electrons. The van der Waals surface area contributed by atoms with Crippen molar-refractivity contribution in [1.82, 2.24) is 5.32 Å². The predicted octanol–water partition coefficient (Wildman–Crippen LogP) is 2.82. The molecule has 1 aromatic carbocycles. The summed E-state index contributed by atoms with van der Waals surface area (Å²) in [4.78, 5) is 22.6. The van der Waals surface area contributed by atoms with Crippen LogP contribution in [0.5, 0.6) is 0 Å². The van der Waals surface area contributed by atoms with Gasteiger partial charge in [0.2, 0.25) is 0 Å². The van der Waals surface area contributed by atoms with Crippen LogP contribution in [-0.4, -0.2) is 23.1 Å². The summed E-state index contributed by atoms with van der Waals surface area (Å²) in [6, 6.07) is 2.13. The molecule has 3 N–H and O–H groups in total. The zero-order valence-corrected chi connectivity index (χ0v) is 12.0. The summed E-state index contributed by atoms with van der Waals surface area (Å²) in [7, 11) is 0. The lowest BCUT2D eigenvalue weighted by Crippen LogP contribution is -2.46. The first-order chi connectivity index (χ1) is 8.81. The van der Waals surface area contributed by atoms with Gasteiger partial charge in [0.1, 0.15) is 11.9 Å². The van der Waals surface area contributed by atoms with Crippen molar-refractivity contribution in [1.29, 1.82) is 0 Å². The van der Waals surface area contributed by atoms with Gasteiger partial charge >= 0.3 is 12.0 Å². The van der Waals surface area contributed by atoms with Gasteiger partial charge in [-0.25, -0.2) is 14.0 Å². The highest BCUT2D eigenvalue weighted by atomic mass is 79.9. The second kappa shape index (κ2) is 6.51. The minimum atomic E-state index is -1.11. The fraction of sp³-hybridized carbons (Fsp3) is 0.333. The number of aliphatic carboxylic acids is 1. The number of benzene rings is 1. The Morgan fingerprint density at radius 3 is 2.47 bits per heavy atom. The molecule has 0 aliphatic carbocycles. The monoisotopic (exact) mass is 332 g/mol. The molecule has 0 heterocycles. The number of carbonyl (C=O) groups excluding carboxylic acids is 1. The average molecular weight is 333 g/mol. The fourth-order valence-corrected chi connectivity index (χ4v) is 1.85. The molecule has 0 saturated carbocycles. The number of carbonyl (C=O) groups is 2. The standard InChI is InChI=1S/C12H14BrFN2O3/c1-6(2)10(11(17)18)16-12(19)15-9-4-3-7(14)5-8(9)13/h3-6,10H,1-2H3,(H,17,18)(H2,15,16,19)/t10-/m0/s1. The summed E-state index contributed by atoms with van der Waals surface area (Å²) in [6.07, 6.45) is 0. The zero-order valence-electron chi connectivity index (χ0n) is 10.4. The third kappa shape index (κ3) is 4.51. The summed E-state index contributed by atoms with van der Waals surface area (Å²) in [6.45, 7) is 3.37. The molecule has 5 nitrogen and oxygen atoms in total. The van der Waals surface area contributed by atoms with E-state index < -0.39 is 23.9 Å². The van der Waals surface area contributed by atoms with Crippen LogP contribution in [0.3, 0.4) is 0 Å². The first kappa shape index (κ1) is 15.4. The van der Waals surface area contributed by atoms with E-state index in [-0.39, 0.29) is 5.92 Å². The molecule has 0 aliphatic heterocycles. The number of carboxylic acid groups (broad SMARTS) is 1. The summed E-state index contributed by atoms with van der Waals surface area (Å²) in [5.74, 6) is -1.80. The molecule has 0 unspecified atom stereocenters. The molecule has 0 spiro atoms. The van der Waals surface area contributed by atoms with E-state index in [0.29, 0.717) is 10.2 Å². The molecule has 7 heteroatoms. The van der Waals surface area contributed by atoms with Crippen molar-refractivity contribution in [3.05, 3.63) is 28.5 Å². The molecule has 0 aromatic heterocycles. The van der Waals surface area contributed by atoms with Crippen LogP contribution in [0, 0.1) is 11.7 Å². The predicted molar refractivity (Wildman–Crippen MR) is 72.5 cm³/mol. The van der Waals surface area contributed by atoms with Gasteiger partial charge in [-0.2, -0.15) is 0 Å². The van der Waals surface area contributed by atoms with E-state index in [1.165, 1.54) is 18.2 Å². The molecule has 2 amide bonds. The SMILES string of the molecule is CC(C)[C@H](NC(=O)Nc1ccc(F)cc1Br)C(=O)O. The van der Waals surface area contributed by atoms with Crippen LogP contribution in [0.1, 0.15) is 13.8 Å². The van der Waals surface area contributed by atoms with Crippen LogP contribution < -0.4 is 10.6 Å². The Morgan fingerprint density at radius 1 is 1.37 bits per heavy atom. The zero-order chi connectivity index (χ0) is 14.6. The highest BCUT2D eigenvalue weighted by Gasteiger charge is 2.23. The van der Waals surface area contributed by atoms with E-state index in [1.54, 1.807) is 13.8 Å². The maximum Gasteiger partial charge on any atom is 0.326 e. The van der Waals surface area contributed by atoms with Crippen LogP contribution in [0.25, 0.3) is 0 Å². The van der Waals surface area contributed by atoms with Crippen molar-refractivity contribution in [2.45, 2.75) is 19.9 Å². The maximum absolute atomic E-state index is 12.9. The Kier molecular flexibility index (Phi) is 5.29. The molecule has 0 saturated heterocycles. The number of hydrogen-bond acceptors (Lipinski definition) is 2. The summed E-state index contributed by atoms with van der Waals surface area (Å²) in [5.41, 5.74) is 0.354. The maximum atomic E-state index is 12.9. The first-order valence-corrected chi connectivity index (χ1v) is 6.36. The van der Waals surface area contributed by atoms with Crippen LogP contribution >= 0.6 is 15.9 Å². The number of nitrogens with one attached hydrogen (secondary N) is 2. The lowest BCUT2D eigenvalue weighted by Gasteiger charge is -2.18. The van der Waals surface area contributed by atoms with Gasteiger partial charge in [-0.1, -0.05) is 13.8 Å². The number of anilines is 1. The van der Waals surface area contributed by atoms with Crippen molar-refractivity contribution in [3.8, 4) is 0 Å². The number of urea groups is 1. The second-order valence-electron chi connectivity index (χ2n) is 4.28. The molecule has 19 heavy (non-hydrogen) atoms. The molecule has 1 aromatic rings. The number of hydrogen-bond donors (Lipinski definition) is 3. The van der Waals surface area contributed by atoms with E-state index in [1.807, 2.05) is 0 Å². The average Bonchev–Trinajstić information content (AvgIpc) is 2.29. The molecular formula is C12H14BrFN2O3. The van der Waals surface area contributed by atoms with E-state index in [4.69, 9.17) is 5.11 Å². The third-order valence-electron chi connectivity index (χ3n) is 2.40. The highest BCUT2D eigenvalue weighted by Crippen LogP contribution is 2.22. The molecular weight excluding hydrogens is 319 g/mol. The van der Waals surface area contributed by atoms with Gasteiger partial charge in [-0.05, 0) is 40.0 Å². The van der Waals surface area contributed by atoms with Crippen LogP contribution in [-0.2, 0) is 4.79 Å². The van der Waals surface area contributed by atoms with Gasteiger partial charge in [0, 0.05) is 4.47 Å². The molecule has 0 fully saturated rings. The minimum absolute atomic E-state index is 0.250. The summed E-state index contributed by atoms with van der Waals surface area (Å²) >= 11 is 3.10. The van der Waals surface area contributed by atoms with Crippen LogP contribution in [0.15, 0.2) is 22.7 Å². The Bertz CT molecular complexity index is 494. The van der Waals surface area contributed by atoms with E-state index >= 15 is 0 Å². The highest BCUT2D eigenvalue weighted by molar-refractivity contribution is 9.10. The quantitative estimate of drug-likeness (QED) is 0.793. The molecule has 0 bridgehead atoms. The van der Waals surface area contributed by atoms with Gasteiger partial charge in [0.25, 0.3) is 0 Å². The Hall–Kier alpha value is -1.63. The molecule has 0 aliphatic rings. The van der Waals surface area contributed by atoms with E-state index in [2.05, 4.69) is 26.6 Å². The minimum Gasteiger partial charge on any atom is -0.480 e. The smallest absolute Gasteiger partial charge is 0.326 e. The Labute approximate surface area is 118 Å². The Morgan fingerprint density at radius 2 is 2.00 bits per heavy atom. The molecule has 1 atom stereocenters.